The highest BCUT2D eigenvalue weighted by Crippen LogP contribution is 2.24. The molecule has 0 radical (unpaired) electrons. The number of nitrogens with one attached hydrogen (secondary N) is 2. The number of ether oxygens (including phenoxy) is 1. The number of amidine groups is 1. The summed E-state index contributed by atoms with van der Waals surface area (Å²) in [5.74, 6) is 0.255. The number of methoxy groups -OCH3 is 1. The summed E-state index contributed by atoms with van der Waals surface area (Å²) in [4.78, 5) is 14.5. The number of likely N-dealkylation sites (tertiary alicyclic amines) is 1. The minimum absolute atomic E-state index is 0.0119. The molecule has 2 aromatic rings. The van der Waals surface area contributed by atoms with Gasteiger partial charge in [-0.05, 0) is 79.3 Å². The number of nitrogens with two attached hydrogens (primary N) is 1. The van der Waals surface area contributed by atoms with Gasteiger partial charge in [0.15, 0.2) is 0 Å². The number of hydrogen-bond acceptors (Lipinski definition) is 6. The van der Waals surface area contributed by atoms with Gasteiger partial charge in [0.05, 0.1) is 19.3 Å². The molecule has 1 aliphatic heterocycles. The number of aliphatic hydroxyl groups excluding tert-OH is 1. The normalized spacial score (nSPS) is 15.0. The molecule has 0 amide bonds. The van der Waals surface area contributed by atoms with Gasteiger partial charge in [0.25, 0.3) is 0 Å². The summed E-state index contributed by atoms with van der Waals surface area (Å²) in [6.45, 7) is 4.61. The van der Waals surface area contributed by atoms with E-state index < -0.39 is 0 Å². The van der Waals surface area contributed by atoms with Gasteiger partial charge in [0.2, 0.25) is 0 Å². The van der Waals surface area contributed by atoms with E-state index in [9.17, 15) is 4.79 Å². The lowest BCUT2D eigenvalue weighted by Gasteiger charge is -2.31. The van der Waals surface area contributed by atoms with Crippen LogP contribution in [0.1, 0.15) is 34.3 Å². The molecule has 1 saturated heterocycles. The third kappa shape index (κ3) is 6.37. The minimum Gasteiger partial charge on any atom is -0.465 e. The zero-order chi connectivity index (χ0) is 22.2. The molecular formula is C24H32N4O3. The van der Waals surface area contributed by atoms with Crippen LogP contribution in [-0.2, 0) is 11.3 Å². The third-order valence-electron chi connectivity index (χ3n) is 5.81. The van der Waals surface area contributed by atoms with Gasteiger partial charge in [-0.1, -0.05) is 18.2 Å². The SMILES string of the molecule is COC(=O)c1cc(CNCC2CCN(CCO)CC2)cc(-c2cccc(C(=N)N)c2)c1. The summed E-state index contributed by atoms with van der Waals surface area (Å²) >= 11 is 0. The van der Waals surface area contributed by atoms with Gasteiger partial charge in [-0.15, -0.1) is 0 Å². The number of β-amino-alcohol motifs (C(OH)–C–C–N with tert-alkyl or cyclic N) is 1. The van der Waals surface area contributed by atoms with Gasteiger partial charge in [0.1, 0.15) is 5.84 Å². The van der Waals surface area contributed by atoms with Crippen LogP contribution >= 0.6 is 0 Å². The second-order valence-corrected chi connectivity index (χ2v) is 8.04. The maximum Gasteiger partial charge on any atom is 0.337 e. The quantitative estimate of drug-likeness (QED) is 0.279. The molecule has 3 rings (SSSR count). The standard InChI is InChI=1S/C24H32N4O3/c1-31-24(30)22-12-18(16-27-15-17-5-7-28(8-6-17)9-10-29)11-21(14-22)19-3-2-4-20(13-19)23(25)26/h2-4,11-14,17,27,29H,5-10,15-16H2,1H3,(H3,25,26). The molecule has 7 nitrogen and oxygen atoms in total. The van der Waals surface area contributed by atoms with Crippen molar-refractivity contribution in [3.05, 3.63) is 59.2 Å². The van der Waals surface area contributed by atoms with Crippen LogP contribution in [0.15, 0.2) is 42.5 Å². The molecule has 1 aliphatic rings. The van der Waals surface area contributed by atoms with Crippen molar-refractivity contribution in [3.63, 3.8) is 0 Å². The van der Waals surface area contributed by atoms with Crippen LogP contribution in [0.4, 0.5) is 0 Å². The average Bonchev–Trinajstić information content (AvgIpc) is 2.79. The molecule has 2 aromatic carbocycles. The lowest BCUT2D eigenvalue weighted by Crippen LogP contribution is -2.38. The maximum atomic E-state index is 12.2. The highest BCUT2D eigenvalue weighted by Gasteiger charge is 2.18. The zero-order valence-corrected chi connectivity index (χ0v) is 18.1. The summed E-state index contributed by atoms with van der Waals surface area (Å²) in [5.41, 5.74) is 9.58. The average molecular weight is 425 g/mol. The van der Waals surface area contributed by atoms with Crippen LogP contribution in [0.3, 0.4) is 0 Å². The molecule has 1 heterocycles. The summed E-state index contributed by atoms with van der Waals surface area (Å²) in [5, 5.41) is 20.3. The molecule has 0 atom stereocenters. The first-order valence-electron chi connectivity index (χ1n) is 10.7. The van der Waals surface area contributed by atoms with Crippen molar-refractivity contribution in [2.24, 2.45) is 11.7 Å². The Morgan fingerprint density at radius 1 is 1.19 bits per heavy atom. The van der Waals surface area contributed by atoms with E-state index in [0.717, 1.165) is 55.7 Å². The molecule has 0 unspecified atom stereocenters. The van der Waals surface area contributed by atoms with Crippen LogP contribution in [0.2, 0.25) is 0 Å². The Balaban J connectivity index is 1.70. The fraction of sp³-hybridized carbons (Fsp3) is 0.417. The molecule has 0 spiro atoms. The van der Waals surface area contributed by atoms with Crippen molar-refractivity contribution in [3.8, 4) is 11.1 Å². The Bertz CT molecular complexity index is 907. The molecule has 31 heavy (non-hydrogen) atoms. The predicted octanol–water partition coefficient (Wildman–Crippen LogP) is 2.22. The van der Waals surface area contributed by atoms with E-state index in [1.54, 1.807) is 6.07 Å². The van der Waals surface area contributed by atoms with Crippen molar-refractivity contribution < 1.29 is 14.6 Å². The molecule has 0 bridgehead atoms. The van der Waals surface area contributed by atoms with E-state index in [0.29, 0.717) is 23.6 Å². The van der Waals surface area contributed by atoms with Gasteiger partial charge in [-0.2, -0.15) is 0 Å². The number of nitrogens with zero attached hydrogens (tertiary/aromatic N) is 1. The minimum atomic E-state index is -0.373. The monoisotopic (exact) mass is 424 g/mol. The number of piperidine rings is 1. The largest absolute Gasteiger partial charge is 0.465 e. The van der Waals surface area contributed by atoms with E-state index in [2.05, 4.69) is 16.3 Å². The molecule has 5 N–H and O–H groups in total. The number of benzene rings is 2. The van der Waals surface area contributed by atoms with Crippen molar-refractivity contribution in [1.82, 2.24) is 10.2 Å². The number of aliphatic hydroxyl groups is 1. The van der Waals surface area contributed by atoms with E-state index in [1.165, 1.54) is 7.11 Å². The van der Waals surface area contributed by atoms with Crippen LogP contribution in [0, 0.1) is 11.3 Å². The molecule has 166 valence electrons. The second kappa shape index (κ2) is 11.0. The zero-order valence-electron chi connectivity index (χ0n) is 18.1. The predicted molar refractivity (Wildman–Crippen MR) is 122 cm³/mol. The first-order valence-corrected chi connectivity index (χ1v) is 10.7. The van der Waals surface area contributed by atoms with Crippen molar-refractivity contribution in [1.29, 1.82) is 5.41 Å². The highest BCUT2D eigenvalue weighted by atomic mass is 16.5. The second-order valence-electron chi connectivity index (χ2n) is 8.04. The van der Waals surface area contributed by atoms with Gasteiger partial charge in [-0.3, -0.25) is 5.41 Å². The lowest BCUT2D eigenvalue weighted by atomic mass is 9.96. The van der Waals surface area contributed by atoms with Crippen LogP contribution in [-0.4, -0.2) is 61.7 Å². The van der Waals surface area contributed by atoms with Gasteiger partial charge in [0, 0.05) is 18.7 Å². The Morgan fingerprint density at radius 3 is 2.61 bits per heavy atom. The summed E-state index contributed by atoms with van der Waals surface area (Å²) in [6, 6.07) is 13.2. The van der Waals surface area contributed by atoms with Crippen molar-refractivity contribution >= 4 is 11.8 Å². The fourth-order valence-corrected chi connectivity index (χ4v) is 4.04. The highest BCUT2D eigenvalue weighted by molar-refractivity contribution is 5.96. The molecule has 7 heteroatoms. The van der Waals surface area contributed by atoms with Crippen LogP contribution < -0.4 is 11.1 Å². The smallest absolute Gasteiger partial charge is 0.337 e. The van der Waals surface area contributed by atoms with Crippen LogP contribution in [0.25, 0.3) is 11.1 Å². The van der Waals surface area contributed by atoms with Gasteiger partial charge in [-0.25, -0.2) is 4.79 Å². The summed E-state index contributed by atoms with van der Waals surface area (Å²) < 4.78 is 4.94. The Labute approximate surface area is 183 Å². The Kier molecular flexibility index (Phi) is 8.17. The molecule has 0 aliphatic carbocycles. The number of esters is 1. The van der Waals surface area contributed by atoms with E-state index >= 15 is 0 Å². The number of carbonyl (C=O) groups is 1. The topological polar surface area (TPSA) is 112 Å². The lowest BCUT2D eigenvalue weighted by molar-refractivity contribution is 0.0600. The molecule has 0 aromatic heterocycles. The van der Waals surface area contributed by atoms with Crippen molar-refractivity contribution in [2.75, 3.05) is 39.9 Å². The van der Waals surface area contributed by atoms with Gasteiger partial charge < -0.3 is 25.8 Å². The summed E-state index contributed by atoms with van der Waals surface area (Å²) in [6.07, 6.45) is 2.25. The third-order valence-corrected chi connectivity index (χ3v) is 5.81. The Hall–Kier alpha value is -2.74. The molecular weight excluding hydrogens is 392 g/mol. The Morgan fingerprint density at radius 2 is 1.94 bits per heavy atom. The number of nitrogen functional groups attached to an aromatic ring is 1. The molecule has 1 fully saturated rings. The number of carbonyl (C=O) groups excluding carboxylic acids is 1. The fourth-order valence-electron chi connectivity index (χ4n) is 4.04. The van der Waals surface area contributed by atoms with Gasteiger partial charge >= 0.3 is 5.97 Å². The summed E-state index contributed by atoms with van der Waals surface area (Å²) in [7, 11) is 1.38. The van der Waals surface area contributed by atoms with E-state index in [1.807, 2.05) is 30.3 Å². The van der Waals surface area contributed by atoms with Crippen LogP contribution in [0.5, 0.6) is 0 Å². The number of hydrogen-bond donors (Lipinski definition) is 4. The first kappa shape index (κ1) is 22.9. The van der Waals surface area contributed by atoms with E-state index in [4.69, 9.17) is 21.0 Å². The van der Waals surface area contributed by atoms with E-state index in [-0.39, 0.29) is 18.4 Å². The molecule has 0 saturated carbocycles. The first-order chi connectivity index (χ1) is 15.0. The maximum absolute atomic E-state index is 12.2. The van der Waals surface area contributed by atoms with Crippen molar-refractivity contribution in [2.45, 2.75) is 19.4 Å². The number of rotatable bonds is 9.